The van der Waals surface area contributed by atoms with Crippen molar-refractivity contribution in [3.63, 3.8) is 0 Å². The Balaban J connectivity index is 1.83. The summed E-state index contributed by atoms with van der Waals surface area (Å²) in [5.74, 6) is 1.69. The smallest absolute Gasteiger partial charge is 0.208 e. The fourth-order valence-corrected chi connectivity index (χ4v) is 2.05. The van der Waals surface area contributed by atoms with Crippen LogP contribution in [0.3, 0.4) is 0 Å². The zero-order valence-electron chi connectivity index (χ0n) is 9.42. The fourth-order valence-electron chi connectivity index (χ4n) is 2.05. The molecule has 84 valence electrons. The molecule has 2 rings (SSSR count). The molecule has 0 saturated heterocycles. The largest absolute Gasteiger partial charge is 0.444 e. The van der Waals surface area contributed by atoms with Gasteiger partial charge in [0.2, 0.25) is 5.89 Å². The van der Waals surface area contributed by atoms with Crippen molar-refractivity contribution in [2.75, 3.05) is 0 Å². The van der Waals surface area contributed by atoms with Gasteiger partial charge in [0.1, 0.15) is 5.76 Å². The summed E-state index contributed by atoms with van der Waals surface area (Å²) in [6, 6.07) is 0.906. The molecule has 15 heavy (non-hydrogen) atoms. The average Bonchev–Trinajstić information content (AvgIpc) is 2.72. The highest BCUT2D eigenvalue weighted by Crippen LogP contribution is 2.17. The maximum absolute atomic E-state index is 5.84. The summed E-state index contributed by atoms with van der Waals surface area (Å²) in [7, 11) is 0. The van der Waals surface area contributed by atoms with Crippen molar-refractivity contribution in [1.82, 2.24) is 10.3 Å². The minimum atomic E-state index is 0.371. The SMILES string of the molecule is Cc1nc(CNC2CCC(N)C2)oc1C. The summed E-state index contributed by atoms with van der Waals surface area (Å²) in [6.07, 6.45) is 3.36. The third-order valence-corrected chi connectivity index (χ3v) is 3.09. The summed E-state index contributed by atoms with van der Waals surface area (Å²) >= 11 is 0. The summed E-state index contributed by atoms with van der Waals surface area (Å²) in [5, 5.41) is 3.43. The molecule has 2 unspecified atom stereocenters. The highest BCUT2D eigenvalue weighted by atomic mass is 16.4. The zero-order valence-corrected chi connectivity index (χ0v) is 9.42. The maximum Gasteiger partial charge on any atom is 0.208 e. The standard InChI is InChI=1S/C11H19N3O/c1-7-8(2)15-11(14-7)6-13-10-4-3-9(12)5-10/h9-10,13H,3-6,12H2,1-2H3. The predicted octanol–water partition coefficient (Wildman–Crippen LogP) is 1.26. The second kappa shape index (κ2) is 4.33. The van der Waals surface area contributed by atoms with E-state index >= 15 is 0 Å². The van der Waals surface area contributed by atoms with Crippen LogP contribution in [-0.4, -0.2) is 17.1 Å². The minimum absolute atomic E-state index is 0.371. The van der Waals surface area contributed by atoms with Gasteiger partial charge in [0.15, 0.2) is 0 Å². The lowest BCUT2D eigenvalue weighted by Gasteiger charge is -2.09. The average molecular weight is 209 g/mol. The van der Waals surface area contributed by atoms with Crippen LogP contribution in [0.1, 0.15) is 36.6 Å². The first-order valence-electron chi connectivity index (χ1n) is 5.57. The lowest BCUT2D eigenvalue weighted by atomic mass is 10.2. The molecule has 0 aliphatic heterocycles. The van der Waals surface area contributed by atoms with Crippen molar-refractivity contribution >= 4 is 0 Å². The van der Waals surface area contributed by atoms with Gasteiger partial charge in [0, 0.05) is 12.1 Å². The number of hydrogen-bond donors (Lipinski definition) is 2. The van der Waals surface area contributed by atoms with Crippen LogP contribution in [0.15, 0.2) is 4.42 Å². The number of nitrogens with zero attached hydrogens (tertiary/aromatic N) is 1. The number of aromatic nitrogens is 1. The summed E-state index contributed by atoms with van der Waals surface area (Å²) in [5.41, 5.74) is 6.82. The van der Waals surface area contributed by atoms with Crippen LogP contribution >= 0.6 is 0 Å². The molecule has 0 aromatic carbocycles. The molecule has 0 spiro atoms. The Labute approximate surface area is 90.2 Å². The molecule has 1 aromatic rings. The van der Waals surface area contributed by atoms with Crippen LogP contribution in [0.25, 0.3) is 0 Å². The second-order valence-corrected chi connectivity index (χ2v) is 4.40. The van der Waals surface area contributed by atoms with Gasteiger partial charge in [-0.05, 0) is 33.1 Å². The highest BCUT2D eigenvalue weighted by Gasteiger charge is 2.21. The first-order valence-corrected chi connectivity index (χ1v) is 5.57. The van der Waals surface area contributed by atoms with Gasteiger partial charge < -0.3 is 15.5 Å². The molecule has 1 saturated carbocycles. The Morgan fingerprint density at radius 3 is 2.80 bits per heavy atom. The van der Waals surface area contributed by atoms with E-state index in [1.54, 1.807) is 0 Å². The Kier molecular flexibility index (Phi) is 3.07. The van der Waals surface area contributed by atoms with E-state index in [2.05, 4.69) is 10.3 Å². The van der Waals surface area contributed by atoms with Crippen molar-refractivity contribution in [3.05, 3.63) is 17.3 Å². The number of nitrogens with one attached hydrogen (secondary N) is 1. The van der Waals surface area contributed by atoms with Crippen LogP contribution in [0.2, 0.25) is 0 Å². The molecule has 0 bridgehead atoms. The number of rotatable bonds is 3. The number of oxazole rings is 1. The van der Waals surface area contributed by atoms with Crippen molar-refractivity contribution < 1.29 is 4.42 Å². The molecule has 1 aliphatic rings. The van der Waals surface area contributed by atoms with Gasteiger partial charge >= 0.3 is 0 Å². The first-order chi connectivity index (χ1) is 7.15. The monoisotopic (exact) mass is 209 g/mol. The minimum Gasteiger partial charge on any atom is -0.444 e. The van der Waals surface area contributed by atoms with Gasteiger partial charge in [-0.1, -0.05) is 0 Å². The lowest BCUT2D eigenvalue weighted by molar-refractivity contribution is 0.420. The fraction of sp³-hybridized carbons (Fsp3) is 0.727. The molecule has 1 fully saturated rings. The van der Waals surface area contributed by atoms with Gasteiger partial charge in [0.05, 0.1) is 12.2 Å². The zero-order chi connectivity index (χ0) is 10.8. The van der Waals surface area contributed by atoms with E-state index in [0.29, 0.717) is 18.6 Å². The van der Waals surface area contributed by atoms with Crippen molar-refractivity contribution in [3.8, 4) is 0 Å². The molecule has 0 amide bonds. The van der Waals surface area contributed by atoms with Crippen molar-refractivity contribution in [2.24, 2.45) is 5.73 Å². The normalized spacial score (nSPS) is 26.1. The lowest BCUT2D eigenvalue weighted by Crippen LogP contribution is -2.28. The molecular formula is C11H19N3O. The van der Waals surface area contributed by atoms with Crippen LogP contribution in [-0.2, 0) is 6.54 Å². The third kappa shape index (κ3) is 2.58. The van der Waals surface area contributed by atoms with Gasteiger partial charge in [-0.3, -0.25) is 0 Å². The molecule has 3 N–H and O–H groups in total. The van der Waals surface area contributed by atoms with Gasteiger partial charge in [-0.2, -0.15) is 0 Å². The number of hydrogen-bond acceptors (Lipinski definition) is 4. The Morgan fingerprint density at radius 1 is 1.47 bits per heavy atom. The van der Waals surface area contributed by atoms with Crippen LogP contribution < -0.4 is 11.1 Å². The highest BCUT2D eigenvalue weighted by molar-refractivity contribution is 5.05. The van der Waals surface area contributed by atoms with Crippen LogP contribution in [0, 0.1) is 13.8 Å². The summed E-state index contributed by atoms with van der Waals surface area (Å²) in [4.78, 5) is 4.33. The Morgan fingerprint density at radius 2 is 2.27 bits per heavy atom. The molecule has 4 nitrogen and oxygen atoms in total. The second-order valence-electron chi connectivity index (χ2n) is 4.40. The van der Waals surface area contributed by atoms with E-state index in [-0.39, 0.29) is 0 Å². The van der Waals surface area contributed by atoms with E-state index < -0.39 is 0 Å². The van der Waals surface area contributed by atoms with Gasteiger partial charge in [-0.25, -0.2) is 4.98 Å². The maximum atomic E-state index is 5.84. The van der Waals surface area contributed by atoms with Crippen LogP contribution in [0.4, 0.5) is 0 Å². The number of nitrogens with two attached hydrogens (primary N) is 1. The van der Waals surface area contributed by atoms with Crippen LogP contribution in [0.5, 0.6) is 0 Å². The molecule has 1 heterocycles. The van der Waals surface area contributed by atoms with Crippen molar-refractivity contribution in [2.45, 2.75) is 51.7 Å². The van der Waals surface area contributed by atoms with E-state index in [1.165, 1.54) is 6.42 Å². The van der Waals surface area contributed by atoms with E-state index in [4.69, 9.17) is 10.2 Å². The summed E-state index contributed by atoms with van der Waals surface area (Å²) in [6.45, 7) is 4.62. The first kappa shape index (κ1) is 10.6. The van der Waals surface area contributed by atoms with E-state index in [0.717, 1.165) is 30.2 Å². The summed E-state index contributed by atoms with van der Waals surface area (Å²) < 4.78 is 5.50. The molecule has 1 aromatic heterocycles. The van der Waals surface area contributed by atoms with Gasteiger partial charge in [-0.15, -0.1) is 0 Å². The number of aryl methyl sites for hydroxylation is 2. The topological polar surface area (TPSA) is 64.1 Å². The van der Waals surface area contributed by atoms with E-state index in [9.17, 15) is 0 Å². The quantitative estimate of drug-likeness (QED) is 0.786. The molecule has 2 atom stereocenters. The predicted molar refractivity (Wildman–Crippen MR) is 58.4 cm³/mol. The molecule has 0 radical (unpaired) electrons. The van der Waals surface area contributed by atoms with E-state index in [1.807, 2.05) is 13.8 Å². The third-order valence-electron chi connectivity index (χ3n) is 3.09. The molecule has 1 aliphatic carbocycles. The van der Waals surface area contributed by atoms with Crippen molar-refractivity contribution in [1.29, 1.82) is 0 Å². The Bertz CT molecular complexity index is 315. The van der Waals surface area contributed by atoms with Gasteiger partial charge in [0.25, 0.3) is 0 Å². The molecular weight excluding hydrogens is 190 g/mol. The Hall–Kier alpha value is -0.870. The molecule has 4 heteroatoms.